The van der Waals surface area contributed by atoms with Gasteiger partial charge in [0.25, 0.3) is 0 Å². The van der Waals surface area contributed by atoms with Gasteiger partial charge in [-0.05, 0) is 48.1 Å². The van der Waals surface area contributed by atoms with Crippen molar-refractivity contribution in [1.29, 1.82) is 0 Å². The summed E-state index contributed by atoms with van der Waals surface area (Å²) in [5.74, 6) is 0. The quantitative estimate of drug-likeness (QED) is 0.215. The molecule has 0 fully saturated rings. The molecule has 0 radical (unpaired) electrons. The second-order valence-electron chi connectivity index (χ2n) is 8.54. The van der Waals surface area contributed by atoms with Crippen molar-refractivity contribution in [3.05, 3.63) is 106 Å². The Morgan fingerprint density at radius 2 is 1.20 bits per heavy atom. The zero-order valence-corrected chi connectivity index (χ0v) is 19.3. The first kappa shape index (κ1) is 22.6. The molecule has 0 spiro atoms. The Labute approximate surface area is 188 Å². The molecule has 0 saturated heterocycles. The predicted octanol–water partition coefficient (Wildman–Crippen LogP) is 8.99. The average Bonchev–Trinajstić information content (AvgIpc) is 2.79. The van der Waals surface area contributed by atoms with Crippen molar-refractivity contribution in [2.45, 2.75) is 70.6 Å². The lowest BCUT2D eigenvalue weighted by molar-refractivity contribution is 0.589. The normalized spacial score (nSPS) is 13.2. The molecule has 3 aromatic rings. The highest BCUT2D eigenvalue weighted by atomic mass is 35.5. The minimum atomic E-state index is -0.280. The van der Waals surface area contributed by atoms with E-state index in [0.717, 1.165) is 10.6 Å². The fraction of sp³-hybridized carbons (Fsp3) is 0.379. The van der Waals surface area contributed by atoms with Crippen LogP contribution in [0.3, 0.4) is 0 Å². The van der Waals surface area contributed by atoms with Crippen LogP contribution in [0.5, 0.6) is 0 Å². The van der Waals surface area contributed by atoms with Crippen LogP contribution in [0.25, 0.3) is 0 Å². The summed E-state index contributed by atoms with van der Waals surface area (Å²) in [7, 11) is 0. The fourth-order valence-corrected chi connectivity index (χ4v) is 4.73. The maximum Gasteiger partial charge on any atom is 0.0450 e. The smallest absolute Gasteiger partial charge is 0.0450 e. The summed E-state index contributed by atoms with van der Waals surface area (Å²) >= 11 is 6.67. The molecule has 0 aliphatic heterocycles. The SMILES string of the molecule is CCCCCCCCCc1ccc(C(C)(c2ccccc2)c2ccccc2Cl)cc1. The molecule has 3 aromatic carbocycles. The number of aryl methyl sites for hydroxylation is 1. The molecule has 3 rings (SSSR count). The summed E-state index contributed by atoms with van der Waals surface area (Å²) in [5, 5.41) is 0.816. The number of halogens is 1. The van der Waals surface area contributed by atoms with Crippen molar-refractivity contribution >= 4 is 11.6 Å². The molecule has 0 aliphatic carbocycles. The molecule has 0 N–H and O–H groups in total. The minimum Gasteiger partial charge on any atom is -0.0840 e. The molecule has 1 heteroatoms. The third-order valence-electron chi connectivity index (χ3n) is 6.36. The van der Waals surface area contributed by atoms with Gasteiger partial charge in [-0.1, -0.05) is 130 Å². The second kappa shape index (κ2) is 11.4. The third-order valence-corrected chi connectivity index (χ3v) is 6.69. The molecule has 30 heavy (non-hydrogen) atoms. The van der Waals surface area contributed by atoms with Crippen LogP contribution in [0.2, 0.25) is 5.02 Å². The molecule has 0 aliphatic rings. The zero-order chi connectivity index (χ0) is 21.2. The molecule has 1 atom stereocenters. The number of rotatable bonds is 11. The number of hydrogen-bond acceptors (Lipinski definition) is 0. The van der Waals surface area contributed by atoms with E-state index >= 15 is 0 Å². The first-order chi connectivity index (χ1) is 14.7. The van der Waals surface area contributed by atoms with Crippen LogP contribution in [0.1, 0.15) is 81.0 Å². The summed E-state index contributed by atoms with van der Waals surface area (Å²) in [5.41, 5.74) is 4.85. The lowest BCUT2D eigenvalue weighted by atomic mass is 9.71. The van der Waals surface area contributed by atoms with Crippen molar-refractivity contribution in [2.24, 2.45) is 0 Å². The van der Waals surface area contributed by atoms with Gasteiger partial charge < -0.3 is 0 Å². The van der Waals surface area contributed by atoms with Gasteiger partial charge in [0.2, 0.25) is 0 Å². The van der Waals surface area contributed by atoms with Crippen LogP contribution in [0.15, 0.2) is 78.9 Å². The maximum atomic E-state index is 6.67. The van der Waals surface area contributed by atoms with Crippen molar-refractivity contribution in [2.75, 3.05) is 0 Å². The summed E-state index contributed by atoms with van der Waals surface area (Å²) in [6, 6.07) is 28.1. The van der Waals surface area contributed by atoms with Gasteiger partial charge >= 0.3 is 0 Å². The van der Waals surface area contributed by atoms with E-state index in [-0.39, 0.29) is 5.41 Å². The zero-order valence-electron chi connectivity index (χ0n) is 18.5. The van der Waals surface area contributed by atoms with E-state index in [1.54, 1.807) is 0 Å². The lowest BCUT2D eigenvalue weighted by Gasteiger charge is -2.32. The van der Waals surface area contributed by atoms with Gasteiger partial charge in [0.05, 0.1) is 0 Å². The van der Waals surface area contributed by atoms with E-state index in [0.29, 0.717) is 0 Å². The molecule has 0 bridgehead atoms. The Kier molecular flexibility index (Phi) is 8.58. The number of hydrogen-bond donors (Lipinski definition) is 0. The highest BCUT2D eigenvalue weighted by Crippen LogP contribution is 2.41. The van der Waals surface area contributed by atoms with Crippen LogP contribution < -0.4 is 0 Å². The summed E-state index contributed by atoms with van der Waals surface area (Å²) in [6.45, 7) is 4.56. The van der Waals surface area contributed by atoms with Crippen molar-refractivity contribution in [1.82, 2.24) is 0 Å². The standard InChI is InChI=1S/C29H35Cl/c1-3-4-5-6-7-8-10-15-24-20-22-26(23-21-24)29(2,25-16-11-9-12-17-25)27-18-13-14-19-28(27)30/h9,11-14,16-23H,3-8,10,15H2,1-2H3. The molecule has 0 heterocycles. The second-order valence-corrected chi connectivity index (χ2v) is 8.95. The van der Waals surface area contributed by atoms with Crippen LogP contribution in [-0.2, 0) is 11.8 Å². The minimum absolute atomic E-state index is 0.280. The molecule has 0 aromatic heterocycles. The molecule has 1 unspecified atom stereocenters. The van der Waals surface area contributed by atoms with Gasteiger partial charge in [-0.2, -0.15) is 0 Å². The van der Waals surface area contributed by atoms with E-state index in [4.69, 9.17) is 11.6 Å². The highest BCUT2D eigenvalue weighted by Gasteiger charge is 2.32. The van der Waals surface area contributed by atoms with Gasteiger partial charge in [0.1, 0.15) is 0 Å². The van der Waals surface area contributed by atoms with E-state index in [1.165, 1.54) is 68.1 Å². The van der Waals surface area contributed by atoms with Gasteiger partial charge in [-0.15, -0.1) is 0 Å². The van der Waals surface area contributed by atoms with Crippen LogP contribution in [0, 0.1) is 0 Å². The van der Waals surface area contributed by atoms with Crippen molar-refractivity contribution in [3.8, 4) is 0 Å². The van der Waals surface area contributed by atoms with Gasteiger partial charge in [0, 0.05) is 10.4 Å². The molecule has 0 amide bonds. The molecule has 0 saturated carbocycles. The topological polar surface area (TPSA) is 0 Å². The van der Waals surface area contributed by atoms with Crippen LogP contribution in [0.4, 0.5) is 0 Å². The first-order valence-electron chi connectivity index (χ1n) is 11.6. The highest BCUT2D eigenvalue weighted by molar-refractivity contribution is 6.31. The molecule has 158 valence electrons. The summed E-state index contributed by atoms with van der Waals surface area (Å²) < 4.78 is 0. The van der Waals surface area contributed by atoms with Gasteiger partial charge in [0.15, 0.2) is 0 Å². The average molecular weight is 419 g/mol. The Balaban J connectivity index is 1.75. The Hall–Kier alpha value is -2.05. The van der Waals surface area contributed by atoms with E-state index in [1.807, 2.05) is 12.1 Å². The fourth-order valence-electron chi connectivity index (χ4n) is 4.41. The van der Waals surface area contributed by atoms with Crippen LogP contribution >= 0.6 is 11.6 Å². The molecule has 0 nitrogen and oxygen atoms in total. The maximum absolute atomic E-state index is 6.67. The molecular formula is C29H35Cl. The lowest BCUT2D eigenvalue weighted by Crippen LogP contribution is -2.25. The third kappa shape index (κ3) is 5.55. The van der Waals surface area contributed by atoms with Crippen molar-refractivity contribution < 1.29 is 0 Å². The van der Waals surface area contributed by atoms with E-state index in [9.17, 15) is 0 Å². The summed E-state index contributed by atoms with van der Waals surface area (Å²) in [4.78, 5) is 0. The van der Waals surface area contributed by atoms with Crippen molar-refractivity contribution in [3.63, 3.8) is 0 Å². The monoisotopic (exact) mass is 418 g/mol. The Morgan fingerprint density at radius 1 is 0.633 bits per heavy atom. The number of unbranched alkanes of at least 4 members (excludes halogenated alkanes) is 6. The van der Waals surface area contributed by atoms with Gasteiger partial charge in [-0.25, -0.2) is 0 Å². The summed E-state index contributed by atoms with van der Waals surface area (Å²) in [6.07, 6.45) is 10.7. The largest absolute Gasteiger partial charge is 0.0840 e. The Morgan fingerprint density at radius 3 is 1.87 bits per heavy atom. The van der Waals surface area contributed by atoms with Gasteiger partial charge in [-0.3, -0.25) is 0 Å². The van der Waals surface area contributed by atoms with E-state index in [2.05, 4.69) is 80.6 Å². The Bertz CT molecular complexity index is 882. The number of benzene rings is 3. The molecular weight excluding hydrogens is 384 g/mol. The van der Waals surface area contributed by atoms with E-state index < -0.39 is 0 Å². The first-order valence-corrected chi connectivity index (χ1v) is 11.9. The van der Waals surface area contributed by atoms with Crippen LogP contribution in [-0.4, -0.2) is 0 Å². The predicted molar refractivity (Wildman–Crippen MR) is 132 cm³/mol.